The highest BCUT2D eigenvalue weighted by Gasteiger charge is 2.32. The van der Waals surface area contributed by atoms with Crippen LogP contribution in [-0.2, 0) is 10.0 Å². The Morgan fingerprint density at radius 1 is 1.06 bits per heavy atom. The third-order valence-electron chi connectivity index (χ3n) is 5.17. The number of para-hydroxylation sites is 2. The van der Waals surface area contributed by atoms with Gasteiger partial charge in [-0.1, -0.05) is 19.1 Å². The first-order valence-corrected chi connectivity index (χ1v) is 12.2. The number of nitrogens with one attached hydrogen (secondary N) is 1. The van der Waals surface area contributed by atoms with Crippen molar-refractivity contribution in [1.82, 2.24) is 0 Å². The average molecular weight is 467 g/mol. The van der Waals surface area contributed by atoms with Crippen molar-refractivity contribution in [1.29, 1.82) is 0 Å². The number of carbonyl (C=O) groups is 1. The molecule has 1 aliphatic rings. The van der Waals surface area contributed by atoms with Gasteiger partial charge in [0.2, 0.25) is 0 Å². The SMILES string of the molecule is CCCOc1ccc(C(=O)Nc2ccc(S(=O)(=O)N3CC(C)Oc4ccccc43)cc2)cc1. The van der Waals surface area contributed by atoms with Crippen LogP contribution >= 0.6 is 0 Å². The van der Waals surface area contributed by atoms with E-state index in [9.17, 15) is 13.2 Å². The molecule has 4 rings (SSSR count). The molecule has 1 heterocycles. The van der Waals surface area contributed by atoms with Gasteiger partial charge in [-0.2, -0.15) is 0 Å². The predicted octanol–water partition coefficient (Wildman–Crippen LogP) is 4.70. The van der Waals surface area contributed by atoms with Crippen LogP contribution < -0.4 is 19.1 Å². The van der Waals surface area contributed by atoms with Gasteiger partial charge in [-0.15, -0.1) is 0 Å². The molecule has 1 unspecified atom stereocenters. The first-order chi connectivity index (χ1) is 15.9. The molecule has 1 atom stereocenters. The zero-order chi connectivity index (χ0) is 23.4. The van der Waals surface area contributed by atoms with Crippen molar-refractivity contribution in [2.45, 2.75) is 31.3 Å². The molecular formula is C25H26N2O5S. The fraction of sp³-hybridized carbons (Fsp3) is 0.240. The quantitative estimate of drug-likeness (QED) is 0.545. The number of anilines is 2. The molecule has 0 saturated heterocycles. The fourth-order valence-corrected chi connectivity index (χ4v) is 5.09. The third kappa shape index (κ3) is 4.96. The lowest BCUT2D eigenvalue weighted by molar-refractivity contribution is 0.102. The van der Waals surface area contributed by atoms with Crippen LogP contribution in [0.5, 0.6) is 11.5 Å². The Kier molecular flexibility index (Phi) is 6.55. The summed E-state index contributed by atoms with van der Waals surface area (Å²) < 4.78 is 39.3. The molecule has 0 saturated carbocycles. The van der Waals surface area contributed by atoms with E-state index in [-0.39, 0.29) is 23.5 Å². The van der Waals surface area contributed by atoms with Crippen LogP contribution in [0.15, 0.2) is 77.7 Å². The van der Waals surface area contributed by atoms with Gasteiger partial charge >= 0.3 is 0 Å². The molecule has 172 valence electrons. The normalized spacial score (nSPS) is 15.3. The molecule has 8 heteroatoms. The van der Waals surface area contributed by atoms with E-state index in [2.05, 4.69) is 5.32 Å². The van der Waals surface area contributed by atoms with E-state index in [0.717, 1.165) is 6.42 Å². The molecule has 1 N–H and O–H groups in total. The Balaban J connectivity index is 1.48. The van der Waals surface area contributed by atoms with Crippen LogP contribution in [0.4, 0.5) is 11.4 Å². The highest BCUT2D eigenvalue weighted by atomic mass is 32.2. The number of carbonyl (C=O) groups excluding carboxylic acids is 1. The lowest BCUT2D eigenvalue weighted by Crippen LogP contribution is -2.42. The minimum Gasteiger partial charge on any atom is -0.494 e. The third-order valence-corrected chi connectivity index (χ3v) is 6.97. The predicted molar refractivity (Wildman–Crippen MR) is 128 cm³/mol. The Hall–Kier alpha value is -3.52. The van der Waals surface area contributed by atoms with Gasteiger partial charge in [0.15, 0.2) is 0 Å². The van der Waals surface area contributed by atoms with Crippen molar-refractivity contribution in [3.05, 3.63) is 78.4 Å². The van der Waals surface area contributed by atoms with Crippen LogP contribution in [0.25, 0.3) is 0 Å². The van der Waals surface area contributed by atoms with Crippen molar-refractivity contribution in [2.75, 3.05) is 22.8 Å². The molecule has 1 aliphatic heterocycles. The number of sulfonamides is 1. The van der Waals surface area contributed by atoms with E-state index < -0.39 is 10.0 Å². The maximum atomic E-state index is 13.3. The van der Waals surface area contributed by atoms with Gasteiger partial charge in [-0.3, -0.25) is 9.10 Å². The van der Waals surface area contributed by atoms with E-state index in [4.69, 9.17) is 9.47 Å². The number of fused-ring (bicyclic) bond motifs is 1. The van der Waals surface area contributed by atoms with E-state index >= 15 is 0 Å². The number of ether oxygens (including phenoxy) is 2. The molecule has 0 aromatic heterocycles. The van der Waals surface area contributed by atoms with E-state index in [1.54, 1.807) is 54.6 Å². The molecule has 0 radical (unpaired) electrons. The van der Waals surface area contributed by atoms with Crippen LogP contribution in [0.1, 0.15) is 30.6 Å². The van der Waals surface area contributed by atoms with Crippen molar-refractivity contribution >= 4 is 27.3 Å². The summed E-state index contributed by atoms with van der Waals surface area (Å²) >= 11 is 0. The van der Waals surface area contributed by atoms with E-state index in [1.807, 2.05) is 19.9 Å². The Morgan fingerprint density at radius 3 is 2.45 bits per heavy atom. The summed E-state index contributed by atoms with van der Waals surface area (Å²) in [4.78, 5) is 12.7. The fourth-order valence-electron chi connectivity index (χ4n) is 3.54. The van der Waals surface area contributed by atoms with Gasteiger partial charge in [-0.25, -0.2) is 8.42 Å². The molecule has 1 amide bonds. The molecular weight excluding hydrogens is 440 g/mol. The Morgan fingerprint density at radius 2 is 1.76 bits per heavy atom. The number of benzene rings is 3. The van der Waals surface area contributed by atoms with Crippen molar-refractivity contribution < 1.29 is 22.7 Å². The molecule has 0 spiro atoms. The first-order valence-electron chi connectivity index (χ1n) is 10.8. The summed E-state index contributed by atoms with van der Waals surface area (Å²) in [7, 11) is -3.79. The monoisotopic (exact) mass is 466 g/mol. The smallest absolute Gasteiger partial charge is 0.264 e. The van der Waals surface area contributed by atoms with Crippen molar-refractivity contribution in [3.63, 3.8) is 0 Å². The topological polar surface area (TPSA) is 84.9 Å². The largest absolute Gasteiger partial charge is 0.494 e. The van der Waals surface area contributed by atoms with Crippen LogP contribution in [0.3, 0.4) is 0 Å². The van der Waals surface area contributed by atoms with Gasteiger partial charge in [0.25, 0.3) is 15.9 Å². The molecule has 33 heavy (non-hydrogen) atoms. The molecule has 3 aromatic carbocycles. The Bertz CT molecular complexity index is 1220. The number of hydrogen-bond donors (Lipinski definition) is 1. The number of nitrogens with zero attached hydrogens (tertiary/aromatic N) is 1. The van der Waals surface area contributed by atoms with Crippen molar-refractivity contribution in [3.8, 4) is 11.5 Å². The molecule has 0 fully saturated rings. The zero-order valence-electron chi connectivity index (χ0n) is 18.5. The maximum absolute atomic E-state index is 13.3. The highest BCUT2D eigenvalue weighted by molar-refractivity contribution is 7.92. The van der Waals surface area contributed by atoms with Gasteiger partial charge in [0.05, 0.1) is 23.7 Å². The van der Waals surface area contributed by atoms with Gasteiger partial charge in [0.1, 0.15) is 17.6 Å². The van der Waals surface area contributed by atoms with E-state index in [1.165, 1.54) is 16.4 Å². The maximum Gasteiger partial charge on any atom is 0.264 e. The first kappa shape index (κ1) is 22.7. The molecule has 7 nitrogen and oxygen atoms in total. The van der Waals surface area contributed by atoms with Crippen molar-refractivity contribution in [2.24, 2.45) is 0 Å². The number of hydrogen-bond acceptors (Lipinski definition) is 5. The molecule has 0 aliphatic carbocycles. The van der Waals surface area contributed by atoms with Gasteiger partial charge < -0.3 is 14.8 Å². The summed E-state index contributed by atoms with van der Waals surface area (Å²) in [5, 5.41) is 2.79. The minimum atomic E-state index is -3.79. The lowest BCUT2D eigenvalue weighted by atomic mass is 10.2. The second-order valence-corrected chi connectivity index (χ2v) is 9.65. The van der Waals surface area contributed by atoms with Crippen LogP contribution in [-0.4, -0.2) is 33.6 Å². The van der Waals surface area contributed by atoms with Gasteiger partial charge in [-0.05, 0) is 74.0 Å². The lowest BCUT2D eigenvalue weighted by Gasteiger charge is -2.34. The minimum absolute atomic E-state index is 0.141. The zero-order valence-corrected chi connectivity index (χ0v) is 19.3. The average Bonchev–Trinajstić information content (AvgIpc) is 2.82. The van der Waals surface area contributed by atoms with Crippen LogP contribution in [0, 0.1) is 0 Å². The van der Waals surface area contributed by atoms with Gasteiger partial charge in [0, 0.05) is 11.3 Å². The molecule has 0 bridgehead atoms. The second kappa shape index (κ2) is 9.54. The highest BCUT2D eigenvalue weighted by Crippen LogP contribution is 2.36. The Labute approximate surface area is 194 Å². The van der Waals surface area contributed by atoms with Crippen LogP contribution in [0.2, 0.25) is 0 Å². The van der Waals surface area contributed by atoms with E-state index in [0.29, 0.717) is 35.0 Å². The summed E-state index contributed by atoms with van der Waals surface area (Å²) in [6, 6.07) is 20.1. The summed E-state index contributed by atoms with van der Waals surface area (Å²) in [5.74, 6) is 0.959. The number of rotatable bonds is 7. The summed E-state index contributed by atoms with van der Waals surface area (Å²) in [5.41, 5.74) is 1.50. The number of amides is 1. The summed E-state index contributed by atoms with van der Waals surface area (Å²) in [6.45, 7) is 4.70. The standard InChI is InChI=1S/C25H26N2O5S/c1-3-16-31-21-12-8-19(9-13-21)25(28)26-20-10-14-22(15-11-20)33(29,30)27-17-18(2)32-24-7-5-4-6-23(24)27/h4-15,18H,3,16-17H2,1-2H3,(H,26,28). The molecule has 3 aromatic rings. The second-order valence-electron chi connectivity index (χ2n) is 7.78. The summed E-state index contributed by atoms with van der Waals surface area (Å²) in [6.07, 6.45) is 0.636.